The molecule has 5 heteroatoms. The fourth-order valence-electron chi connectivity index (χ4n) is 1.39. The van der Waals surface area contributed by atoms with Crippen molar-refractivity contribution in [2.24, 2.45) is 0 Å². The molecule has 0 aliphatic carbocycles. The highest BCUT2D eigenvalue weighted by molar-refractivity contribution is 9.09. The quantitative estimate of drug-likeness (QED) is 0.867. The van der Waals surface area contributed by atoms with Gasteiger partial charge in [-0.3, -0.25) is 0 Å². The Morgan fingerprint density at radius 2 is 1.71 bits per heavy atom. The van der Waals surface area contributed by atoms with Gasteiger partial charge in [0.2, 0.25) is 10.0 Å². The summed E-state index contributed by atoms with van der Waals surface area (Å²) in [5.74, 6) is 0. The van der Waals surface area contributed by atoms with Gasteiger partial charge in [0.1, 0.15) is 0 Å². The van der Waals surface area contributed by atoms with Gasteiger partial charge in [-0.2, -0.15) is 0 Å². The van der Waals surface area contributed by atoms with Crippen molar-refractivity contribution in [3.8, 4) is 0 Å². The number of nitrogens with one attached hydrogen (secondary N) is 1. The Labute approximate surface area is 112 Å². The average molecular weight is 320 g/mol. The molecule has 1 aromatic rings. The SMILES string of the molecule is CC(C)(C)c1ccc(S(=O)(=O)NCCBr)cc1. The topological polar surface area (TPSA) is 46.2 Å². The minimum absolute atomic E-state index is 0.0333. The fraction of sp³-hybridized carbons (Fsp3) is 0.500. The van der Waals surface area contributed by atoms with Crippen molar-refractivity contribution < 1.29 is 8.42 Å². The molecule has 0 spiro atoms. The first-order chi connectivity index (χ1) is 7.77. The van der Waals surface area contributed by atoms with Gasteiger partial charge < -0.3 is 0 Å². The zero-order valence-electron chi connectivity index (χ0n) is 10.3. The molecule has 0 saturated heterocycles. The summed E-state index contributed by atoms with van der Waals surface area (Å²) >= 11 is 3.19. The first kappa shape index (κ1) is 14.7. The molecular weight excluding hydrogens is 302 g/mol. The monoisotopic (exact) mass is 319 g/mol. The summed E-state index contributed by atoms with van der Waals surface area (Å²) < 4.78 is 26.1. The van der Waals surface area contributed by atoms with Crippen LogP contribution in [0.3, 0.4) is 0 Å². The van der Waals surface area contributed by atoms with Crippen LogP contribution in [0.2, 0.25) is 0 Å². The molecule has 0 atom stereocenters. The van der Waals surface area contributed by atoms with E-state index in [0.717, 1.165) is 5.56 Å². The molecule has 0 amide bonds. The number of hydrogen-bond acceptors (Lipinski definition) is 2. The van der Waals surface area contributed by atoms with E-state index in [1.807, 2.05) is 12.1 Å². The summed E-state index contributed by atoms with van der Waals surface area (Å²) in [6.45, 7) is 6.68. The number of benzene rings is 1. The fourth-order valence-corrected chi connectivity index (χ4v) is 2.88. The van der Waals surface area contributed by atoms with Crippen LogP contribution in [-0.2, 0) is 15.4 Å². The van der Waals surface area contributed by atoms with Gasteiger partial charge in [0.05, 0.1) is 4.90 Å². The van der Waals surface area contributed by atoms with E-state index in [0.29, 0.717) is 16.8 Å². The minimum Gasteiger partial charge on any atom is -0.210 e. The first-order valence-corrected chi connectivity index (χ1v) is 8.04. The van der Waals surface area contributed by atoms with Gasteiger partial charge in [0.15, 0.2) is 0 Å². The van der Waals surface area contributed by atoms with E-state index in [4.69, 9.17) is 0 Å². The van der Waals surface area contributed by atoms with E-state index in [9.17, 15) is 8.42 Å². The second-order valence-electron chi connectivity index (χ2n) is 4.86. The molecule has 0 saturated carbocycles. The molecular formula is C12H18BrNO2S. The van der Waals surface area contributed by atoms with E-state index in [2.05, 4.69) is 41.4 Å². The minimum atomic E-state index is -3.36. The predicted molar refractivity (Wildman–Crippen MR) is 74.1 cm³/mol. The van der Waals surface area contributed by atoms with Crippen molar-refractivity contribution in [3.05, 3.63) is 29.8 Å². The Bertz CT molecular complexity index is 460. The van der Waals surface area contributed by atoms with Crippen LogP contribution in [0.4, 0.5) is 0 Å². The van der Waals surface area contributed by atoms with Crippen LogP contribution in [-0.4, -0.2) is 20.3 Å². The smallest absolute Gasteiger partial charge is 0.210 e. The van der Waals surface area contributed by atoms with Gasteiger partial charge in [-0.05, 0) is 23.1 Å². The molecule has 0 heterocycles. The van der Waals surface area contributed by atoms with E-state index in [-0.39, 0.29) is 5.41 Å². The molecule has 1 rings (SSSR count). The maximum atomic E-state index is 11.8. The highest BCUT2D eigenvalue weighted by atomic mass is 79.9. The summed E-state index contributed by atoms with van der Waals surface area (Å²) in [6.07, 6.45) is 0. The van der Waals surface area contributed by atoms with Crippen LogP contribution >= 0.6 is 15.9 Å². The number of hydrogen-bond donors (Lipinski definition) is 1. The lowest BCUT2D eigenvalue weighted by atomic mass is 9.87. The molecule has 96 valence electrons. The molecule has 0 radical (unpaired) electrons. The second-order valence-corrected chi connectivity index (χ2v) is 7.42. The molecule has 1 aromatic carbocycles. The summed E-state index contributed by atoms with van der Waals surface area (Å²) in [7, 11) is -3.36. The van der Waals surface area contributed by atoms with E-state index < -0.39 is 10.0 Å². The number of halogens is 1. The lowest BCUT2D eigenvalue weighted by Gasteiger charge is -2.19. The Morgan fingerprint density at radius 3 is 2.12 bits per heavy atom. The largest absolute Gasteiger partial charge is 0.240 e. The van der Waals surface area contributed by atoms with Gasteiger partial charge in [-0.15, -0.1) is 0 Å². The van der Waals surface area contributed by atoms with Crippen molar-refractivity contribution >= 4 is 26.0 Å². The lowest BCUT2D eigenvalue weighted by Crippen LogP contribution is -2.25. The Hall–Kier alpha value is -0.390. The van der Waals surface area contributed by atoms with E-state index in [1.54, 1.807) is 12.1 Å². The zero-order chi connectivity index (χ0) is 13.1. The standard InChI is InChI=1S/C12H18BrNO2S/c1-12(2,3)10-4-6-11(7-5-10)17(15,16)14-9-8-13/h4-7,14H,8-9H2,1-3H3. The lowest BCUT2D eigenvalue weighted by molar-refractivity contribution is 0.580. The van der Waals surface area contributed by atoms with Gasteiger partial charge in [0, 0.05) is 11.9 Å². The van der Waals surface area contributed by atoms with Crippen molar-refractivity contribution in [1.82, 2.24) is 4.72 Å². The predicted octanol–water partition coefficient (Wildman–Crippen LogP) is 2.66. The number of sulfonamides is 1. The summed E-state index contributed by atoms with van der Waals surface area (Å²) in [4.78, 5) is 0.312. The van der Waals surface area contributed by atoms with Crippen LogP contribution in [0, 0.1) is 0 Å². The van der Waals surface area contributed by atoms with Crippen LogP contribution in [0.15, 0.2) is 29.2 Å². The normalized spacial score (nSPS) is 12.7. The molecule has 0 aromatic heterocycles. The highest BCUT2D eigenvalue weighted by Gasteiger charge is 2.16. The zero-order valence-corrected chi connectivity index (χ0v) is 12.7. The summed E-state index contributed by atoms with van der Waals surface area (Å²) in [5.41, 5.74) is 1.16. The van der Waals surface area contributed by atoms with Crippen molar-refractivity contribution in [2.45, 2.75) is 31.1 Å². The van der Waals surface area contributed by atoms with Crippen molar-refractivity contribution in [1.29, 1.82) is 0 Å². The van der Waals surface area contributed by atoms with E-state index in [1.165, 1.54) is 0 Å². The number of rotatable bonds is 4. The molecule has 0 unspecified atom stereocenters. The van der Waals surface area contributed by atoms with Gasteiger partial charge in [-0.25, -0.2) is 13.1 Å². The Balaban J connectivity index is 2.95. The van der Waals surface area contributed by atoms with Crippen LogP contribution in [0.25, 0.3) is 0 Å². The van der Waals surface area contributed by atoms with Gasteiger partial charge in [-0.1, -0.05) is 48.8 Å². The Kier molecular flexibility index (Phi) is 4.75. The third-order valence-corrected chi connectivity index (χ3v) is 4.29. The molecule has 0 fully saturated rings. The molecule has 0 aliphatic heterocycles. The van der Waals surface area contributed by atoms with Crippen LogP contribution < -0.4 is 4.72 Å². The van der Waals surface area contributed by atoms with Crippen molar-refractivity contribution in [3.63, 3.8) is 0 Å². The van der Waals surface area contributed by atoms with Gasteiger partial charge in [0.25, 0.3) is 0 Å². The Morgan fingerprint density at radius 1 is 1.18 bits per heavy atom. The second kappa shape index (κ2) is 5.50. The number of alkyl halides is 1. The third-order valence-electron chi connectivity index (χ3n) is 2.42. The molecule has 0 aliphatic rings. The van der Waals surface area contributed by atoms with Crippen LogP contribution in [0.5, 0.6) is 0 Å². The maximum Gasteiger partial charge on any atom is 0.240 e. The molecule has 1 N–H and O–H groups in total. The third kappa shape index (κ3) is 4.08. The van der Waals surface area contributed by atoms with Crippen molar-refractivity contribution in [2.75, 3.05) is 11.9 Å². The van der Waals surface area contributed by atoms with Gasteiger partial charge >= 0.3 is 0 Å². The molecule has 0 bridgehead atoms. The summed E-state index contributed by atoms with van der Waals surface area (Å²) in [6, 6.07) is 7.03. The van der Waals surface area contributed by atoms with E-state index >= 15 is 0 Å². The first-order valence-electron chi connectivity index (χ1n) is 5.43. The maximum absolute atomic E-state index is 11.8. The molecule has 17 heavy (non-hydrogen) atoms. The molecule has 3 nitrogen and oxygen atoms in total. The highest BCUT2D eigenvalue weighted by Crippen LogP contribution is 2.23. The summed E-state index contributed by atoms with van der Waals surface area (Å²) in [5, 5.41) is 0.603. The van der Waals surface area contributed by atoms with Crippen LogP contribution in [0.1, 0.15) is 26.3 Å². The average Bonchev–Trinajstić information content (AvgIpc) is 2.25.